The Kier molecular flexibility index (Phi) is 4.90. The van der Waals surface area contributed by atoms with Crippen LogP contribution >= 0.6 is 0 Å². The van der Waals surface area contributed by atoms with E-state index in [1.54, 1.807) is 0 Å². The minimum absolute atomic E-state index is 0.223. The molecular weight excluding hydrogens is 176 g/mol. The van der Waals surface area contributed by atoms with Crippen LogP contribution in [-0.4, -0.2) is 17.5 Å². The quantitative estimate of drug-likeness (QED) is 0.759. The fourth-order valence-corrected chi connectivity index (χ4v) is 2.57. The van der Waals surface area contributed by atoms with Crippen LogP contribution in [0.15, 0.2) is 0 Å². The molecule has 0 aromatic rings. The predicted molar refractivity (Wildman–Crippen MR) is 58.0 cm³/mol. The van der Waals surface area contributed by atoms with E-state index in [4.69, 9.17) is 4.74 Å². The summed E-state index contributed by atoms with van der Waals surface area (Å²) in [4.78, 5) is 0. The fraction of sp³-hybridized carbons (Fsp3) is 1.00. The van der Waals surface area contributed by atoms with E-state index in [0.29, 0.717) is 11.8 Å². The molecule has 0 aromatic carbocycles. The molecule has 1 aliphatic rings. The van der Waals surface area contributed by atoms with Gasteiger partial charge in [-0.1, -0.05) is 26.7 Å². The topological polar surface area (TPSA) is 29.5 Å². The van der Waals surface area contributed by atoms with Gasteiger partial charge >= 0.3 is 0 Å². The van der Waals surface area contributed by atoms with Gasteiger partial charge in [0.25, 0.3) is 0 Å². The van der Waals surface area contributed by atoms with E-state index in [1.807, 2.05) is 0 Å². The van der Waals surface area contributed by atoms with Crippen molar-refractivity contribution in [3.8, 4) is 0 Å². The monoisotopic (exact) mass is 200 g/mol. The van der Waals surface area contributed by atoms with Gasteiger partial charge in [-0.15, -0.1) is 0 Å². The van der Waals surface area contributed by atoms with Crippen LogP contribution in [0.5, 0.6) is 0 Å². The van der Waals surface area contributed by atoms with Crippen LogP contribution in [0.2, 0.25) is 0 Å². The molecule has 0 saturated carbocycles. The lowest BCUT2D eigenvalue weighted by Gasteiger charge is -2.26. The van der Waals surface area contributed by atoms with E-state index >= 15 is 0 Å². The first-order valence-corrected chi connectivity index (χ1v) is 6.02. The average Bonchev–Trinajstić information content (AvgIpc) is 2.26. The van der Waals surface area contributed by atoms with Crippen LogP contribution in [0.4, 0.5) is 0 Å². The molecule has 0 aliphatic carbocycles. The van der Waals surface area contributed by atoms with E-state index in [-0.39, 0.29) is 6.10 Å². The molecule has 14 heavy (non-hydrogen) atoms. The Morgan fingerprint density at radius 1 is 1.29 bits per heavy atom. The highest BCUT2D eigenvalue weighted by Gasteiger charge is 2.31. The Bertz CT molecular complexity index is 158. The molecule has 1 saturated heterocycles. The molecule has 2 nitrogen and oxygen atoms in total. The number of hydrogen-bond acceptors (Lipinski definition) is 2. The summed E-state index contributed by atoms with van der Waals surface area (Å²) in [6.45, 7) is 6.43. The smallest absolute Gasteiger partial charge is 0.157 e. The van der Waals surface area contributed by atoms with Gasteiger partial charge in [-0.05, 0) is 32.1 Å². The number of rotatable bonds is 3. The van der Waals surface area contributed by atoms with Crippen LogP contribution in [0.1, 0.15) is 52.9 Å². The van der Waals surface area contributed by atoms with E-state index in [9.17, 15) is 5.11 Å². The van der Waals surface area contributed by atoms with Gasteiger partial charge in [0.15, 0.2) is 6.29 Å². The van der Waals surface area contributed by atoms with Crippen molar-refractivity contribution in [2.75, 3.05) is 0 Å². The molecule has 0 radical (unpaired) electrons. The van der Waals surface area contributed by atoms with Crippen molar-refractivity contribution in [3.63, 3.8) is 0 Å². The maximum atomic E-state index is 9.89. The molecule has 1 fully saturated rings. The largest absolute Gasteiger partial charge is 0.368 e. The van der Waals surface area contributed by atoms with Gasteiger partial charge in [-0.2, -0.15) is 0 Å². The molecule has 0 bridgehead atoms. The second-order valence-electron chi connectivity index (χ2n) is 4.54. The third-order valence-corrected chi connectivity index (χ3v) is 3.42. The van der Waals surface area contributed by atoms with Crippen molar-refractivity contribution in [1.82, 2.24) is 0 Å². The van der Waals surface area contributed by atoms with Crippen molar-refractivity contribution >= 4 is 0 Å². The third-order valence-electron chi connectivity index (χ3n) is 3.42. The minimum Gasteiger partial charge on any atom is -0.368 e. The highest BCUT2D eigenvalue weighted by atomic mass is 16.6. The lowest BCUT2D eigenvalue weighted by Crippen LogP contribution is -2.28. The van der Waals surface area contributed by atoms with Gasteiger partial charge in [0.1, 0.15) is 0 Å². The van der Waals surface area contributed by atoms with Gasteiger partial charge < -0.3 is 9.84 Å². The molecule has 0 amide bonds. The summed E-state index contributed by atoms with van der Waals surface area (Å²) in [5.41, 5.74) is 0. The molecule has 84 valence electrons. The van der Waals surface area contributed by atoms with Gasteiger partial charge in [0, 0.05) is 5.92 Å². The summed E-state index contributed by atoms with van der Waals surface area (Å²) in [6.07, 6.45) is 5.46. The van der Waals surface area contributed by atoms with Crippen molar-refractivity contribution in [2.45, 2.75) is 65.3 Å². The fourth-order valence-electron chi connectivity index (χ4n) is 2.57. The highest BCUT2D eigenvalue weighted by molar-refractivity contribution is 4.76. The van der Waals surface area contributed by atoms with E-state index in [0.717, 1.165) is 12.8 Å². The van der Waals surface area contributed by atoms with Crippen molar-refractivity contribution in [3.05, 3.63) is 0 Å². The molecule has 4 atom stereocenters. The van der Waals surface area contributed by atoms with Crippen molar-refractivity contribution in [1.29, 1.82) is 0 Å². The normalized spacial score (nSPS) is 39.4. The lowest BCUT2D eigenvalue weighted by atomic mass is 9.83. The zero-order valence-corrected chi connectivity index (χ0v) is 9.70. The highest BCUT2D eigenvalue weighted by Crippen LogP contribution is 2.33. The second-order valence-corrected chi connectivity index (χ2v) is 4.54. The summed E-state index contributed by atoms with van der Waals surface area (Å²) in [6, 6.07) is 0. The third kappa shape index (κ3) is 2.96. The zero-order chi connectivity index (χ0) is 10.6. The Morgan fingerprint density at radius 3 is 2.57 bits per heavy atom. The Hall–Kier alpha value is -0.0800. The van der Waals surface area contributed by atoms with Crippen molar-refractivity contribution < 1.29 is 9.84 Å². The first kappa shape index (κ1) is 12.0. The summed E-state index contributed by atoms with van der Waals surface area (Å²) in [5, 5.41) is 9.89. The van der Waals surface area contributed by atoms with Crippen LogP contribution in [-0.2, 0) is 4.74 Å². The number of ether oxygens (including phenoxy) is 1. The van der Waals surface area contributed by atoms with E-state index < -0.39 is 6.29 Å². The number of hydrogen-bond donors (Lipinski definition) is 1. The summed E-state index contributed by atoms with van der Waals surface area (Å²) < 4.78 is 5.55. The molecule has 1 aliphatic heterocycles. The molecule has 1 heterocycles. The van der Waals surface area contributed by atoms with E-state index in [1.165, 1.54) is 19.3 Å². The minimum atomic E-state index is -0.533. The Morgan fingerprint density at radius 2 is 2.00 bits per heavy atom. The first-order valence-electron chi connectivity index (χ1n) is 6.02. The summed E-state index contributed by atoms with van der Waals surface area (Å²) >= 11 is 0. The molecule has 1 N–H and O–H groups in total. The maximum Gasteiger partial charge on any atom is 0.157 e. The SMILES string of the molecule is CCCC1CCC(C)OC(O)C1CC. The Balaban J connectivity index is 2.61. The zero-order valence-electron chi connectivity index (χ0n) is 9.70. The van der Waals surface area contributed by atoms with Gasteiger partial charge in [0.2, 0.25) is 0 Å². The van der Waals surface area contributed by atoms with Crippen LogP contribution in [0, 0.1) is 11.8 Å². The van der Waals surface area contributed by atoms with Crippen LogP contribution in [0.3, 0.4) is 0 Å². The van der Waals surface area contributed by atoms with Gasteiger partial charge in [0.05, 0.1) is 6.10 Å². The molecular formula is C12H24O2. The number of aliphatic hydroxyl groups excluding tert-OH is 1. The molecule has 2 heteroatoms. The standard InChI is InChI=1S/C12H24O2/c1-4-6-10-8-7-9(3)14-12(13)11(10)5-2/h9-13H,4-8H2,1-3H3. The Labute approximate surface area is 87.7 Å². The van der Waals surface area contributed by atoms with Crippen LogP contribution < -0.4 is 0 Å². The van der Waals surface area contributed by atoms with Gasteiger partial charge in [-0.3, -0.25) is 0 Å². The molecule has 4 unspecified atom stereocenters. The van der Waals surface area contributed by atoms with E-state index in [2.05, 4.69) is 20.8 Å². The average molecular weight is 200 g/mol. The predicted octanol–water partition coefficient (Wildman–Crippen LogP) is 2.95. The number of aliphatic hydroxyl groups is 1. The maximum absolute atomic E-state index is 9.89. The molecule has 0 aromatic heterocycles. The summed E-state index contributed by atoms with van der Waals surface area (Å²) in [7, 11) is 0. The molecule has 0 spiro atoms. The van der Waals surface area contributed by atoms with Crippen LogP contribution in [0.25, 0.3) is 0 Å². The van der Waals surface area contributed by atoms with Gasteiger partial charge in [-0.25, -0.2) is 0 Å². The summed E-state index contributed by atoms with van der Waals surface area (Å²) in [5.74, 6) is 1.00. The van der Waals surface area contributed by atoms with Crippen molar-refractivity contribution in [2.24, 2.45) is 11.8 Å². The first-order chi connectivity index (χ1) is 6.69. The molecule has 1 rings (SSSR count). The lowest BCUT2D eigenvalue weighted by molar-refractivity contribution is -0.160. The second kappa shape index (κ2) is 5.72.